The van der Waals surface area contributed by atoms with E-state index in [2.05, 4.69) is 10.1 Å². The Morgan fingerprint density at radius 3 is 2.93 bits per heavy atom. The zero-order valence-corrected chi connectivity index (χ0v) is 15.3. The van der Waals surface area contributed by atoms with Gasteiger partial charge in [-0.15, -0.1) is 0 Å². The van der Waals surface area contributed by atoms with E-state index in [0.717, 1.165) is 0 Å². The summed E-state index contributed by atoms with van der Waals surface area (Å²) in [4.78, 5) is 4.05. The molecule has 9 heteroatoms. The molecule has 0 bridgehead atoms. The van der Waals surface area contributed by atoms with Gasteiger partial charge in [-0.1, -0.05) is 0 Å². The summed E-state index contributed by atoms with van der Waals surface area (Å²) in [6.45, 7) is 5.37. The average Bonchev–Trinajstić information content (AvgIpc) is 3.18. The van der Waals surface area contributed by atoms with Crippen molar-refractivity contribution in [3.63, 3.8) is 0 Å². The molecular formula is C18H21N5O4. The summed E-state index contributed by atoms with van der Waals surface area (Å²) in [5.41, 5.74) is 7.17. The van der Waals surface area contributed by atoms with E-state index in [1.165, 1.54) is 12.4 Å². The van der Waals surface area contributed by atoms with Crippen molar-refractivity contribution < 1.29 is 19.3 Å². The largest absolute Gasteiger partial charge is 0.394 e. The van der Waals surface area contributed by atoms with Crippen molar-refractivity contribution in [2.24, 2.45) is 0 Å². The van der Waals surface area contributed by atoms with Crippen LogP contribution >= 0.6 is 0 Å². The molecule has 9 nitrogen and oxygen atoms in total. The van der Waals surface area contributed by atoms with E-state index in [-0.39, 0.29) is 12.4 Å². The van der Waals surface area contributed by atoms with E-state index in [0.29, 0.717) is 16.8 Å². The highest BCUT2D eigenvalue weighted by Crippen LogP contribution is 2.53. The molecule has 4 heterocycles. The Morgan fingerprint density at radius 2 is 2.22 bits per heavy atom. The fraction of sp³-hybridized carbons (Fsp3) is 0.500. The highest BCUT2D eigenvalue weighted by atomic mass is 16.8. The van der Waals surface area contributed by atoms with Gasteiger partial charge in [0, 0.05) is 11.6 Å². The van der Waals surface area contributed by atoms with Gasteiger partial charge < -0.3 is 25.1 Å². The number of nitrogens with zero attached hydrogens (tertiary/aromatic N) is 4. The molecule has 27 heavy (non-hydrogen) atoms. The Bertz CT molecular complexity index is 963. The number of fused-ring (bicyclic) bond motifs is 2. The van der Waals surface area contributed by atoms with Crippen LogP contribution in [0.3, 0.4) is 0 Å². The summed E-state index contributed by atoms with van der Waals surface area (Å²) >= 11 is 0. The van der Waals surface area contributed by atoms with Crippen LogP contribution in [0.2, 0.25) is 0 Å². The van der Waals surface area contributed by atoms with Crippen molar-refractivity contribution in [1.29, 1.82) is 5.26 Å². The molecule has 0 aliphatic carbocycles. The number of ether oxygens (including phenoxy) is 3. The van der Waals surface area contributed by atoms with Crippen molar-refractivity contribution in [1.82, 2.24) is 14.6 Å². The van der Waals surface area contributed by atoms with Gasteiger partial charge in [-0.3, -0.25) is 0 Å². The van der Waals surface area contributed by atoms with Crippen molar-refractivity contribution in [3.05, 3.63) is 29.7 Å². The number of aliphatic hydroxyl groups is 1. The number of nitrogens with two attached hydrogens (primary N) is 1. The maximum absolute atomic E-state index is 9.78. The van der Waals surface area contributed by atoms with Gasteiger partial charge in [-0.05, 0) is 32.9 Å². The third-order valence-electron chi connectivity index (χ3n) is 5.04. The molecule has 2 aromatic rings. The minimum absolute atomic E-state index is 0.197. The van der Waals surface area contributed by atoms with Crippen LogP contribution in [0.5, 0.6) is 0 Å². The van der Waals surface area contributed by atoms with Gasteiger partial charge in [0.1, 0.15) is 35.8 Å². The summed E-state index contributed by atoms with van der Waals surface area (Å²) < 4.78 is 20.0. The molecule has 3 N–H and O–H groups in total. The molecule has 4 atom stereocenters. The van der Waals surface area contributed by atoms with Gasteiger partial charge in [-0.25, -0.2) is 9.50 Å². The Hall–Kier alpha value is -2.51. The maximum Gasteiger partial charge on any atom is 0.164 e. The lowest BCUT2D eigenvalue weighted by Crippen LogP contribution is -2.40. The van der Waals surface area contributed by atoms with Crippen molar-refractivity contribution in [2.45, 2.75) is 50.5 Å². The number of aliphatic hydroxyl groups excluding tert-OH is 1. The van der Waals surface area contributed by atoms with Crippen LogP contribution in [0.1, 0.15) is 38.1 Å². The summed E-state index contributed by atoms with van der Waals surface area (Å²) in [6.07, 6.45) is 2.83. The van der Waals surface area contributed by atoms with E-state index in [9.17, 15) is 5.11 Å². The molecule has 0 aromatic carbocycles. The predicted molar refractivity (Wildman–Crippen MR) is 95.2 cm³/mol. The van der Waals surface area contributed by atoms with Crippen LogP contribution in [0.15, 0.2) is 18.5 Å². The van der Waals surface area contributed by atoms with E-state index >= 15 is 0 Å². The van der Waals surface area contributed by atoms with Crippen LogP contribution in [0.25, 0.3) is 11.6 Å². The lowest BCUT2D eigenvalue weighted by atomic mass is 9.91. The zero-order valence-electron chi connectivity index (χ0n) is 15.3. The summed E-state index contributed by atoms with van der Waals surface area (Å²) in [5.74, 6) is -0.518. The van der Waals surface area contributed by atoms with Crippen LogP contribution in [-0.2, 0) is 14.2 Å². The fourth-order valence-electron chi connectivity index (χ4n) is 4.13. The molecule has 2 fully saturated rings. The van der Waals surface area contributed by atoms with E-state index in [1.54, 1.807) is 10.6 Å². The highest BCUT2D eigenvalue weighted by Gasteiger charge is 2.64. The van der Waals surface area contributed by atoms with Crippen LogP contribution in [-0.4, -0.2) is 49.9 Å². The first-order chi connectivity index (χ1) is 12.8. The molecule has 0 saturated carbocycles. The monoisotopic (exact) mass is 371 g/mol. The average molecular weight is 371 g/mol. The van der Waals surface area contributed by atoms with E-state index in [4.69, 9.17) is 25.2 Å². The Morgan fingerprint density at radius 1 is 1.44 bits per heavy atom. The number of hydrogen-bond donors (Lipinski definition) is 2. The van der Waals surface area contributed by atoms with Gasteiger partial charge >= 0.3 is 0 Å². The molecule has 0 spiro atoms. The molecule has 2 aliphatic heterocycles. The van der Waals surface area contributed by atoms with Crippen molar-refractivity contribution >= 4 is 17.4 Å². The fourth-order valence-corrected chi connectivity index (χ4v) is 4.13. The summed E-state index contributed by atoms with van der Waals surface area (Å²) in [5, 5.41) is 23.0. The van der Waals surface area contributed by atoms with Crippen LogP contribution < -0.4 is 5.73 Å². The minimum atomic E-state index is -0.832. The second-order valence-electron chi connectivity index (χ2n) is 7.35. The van der Waals surface area contributed by atoms with Gasteiger partial charge in [-0.2, -0.15) is 10.4 Å². The van der Waals surface area contributed by atoms with Gasteiger partial charge in [0.2, 0.25) is 0 Å². The third kappa shape index (κ3) is 2.61. The Kier molecular flexibility index (Phi) is 3.98. The topological polar surface area (TPSA) is 128 Å². The summed E-state index contributed by atoms with van der Waals surface area (Å²) in [7, 11) is 0. The highest BCUT2D eigenvalue weighted by molar-refractivity contribution is 5.80. The van der Waals surface area contributed by atoms with Gasteiger partial charge in [0.25, 0.3) is 0 Å². The number of nitriles is 1. The standard InChI is InChI=1S/C18H21N5O4/c1-17(2)26-15-12(8-24)25-14(18(15,3)27-17)11-7-10(5-4-6-19)13-16(20)21-9-22-23(11)13/h4-5,7,9,12,14-15,24H,8H2,1-3H3,(H2,20,21,22)/b5-4+/t12-,14+,15-,18+/m1/s1. The lowest BCUT2D eigenvalue weighted by Gasteiger charge is -2.29. The van der Waals surface area contributed by atoms with Crippen molar-refractivity contribution in [2.75, 3.05) is 12.3 Å². The predicted octanol–water partition coefficient (Wildman–Crippen LogP) is 1.19. The minimum Gasteiger partial charge on any atom is -0.394 e. The Labute approximate surface area is 156 Å². The second-order valence-corrected chi connectivity index (χ2v) is 7.35. The van der Waals surface area contributed by atoms with Crippen LogP contribution in [0, 0.1) is 11.3 Å². The number of nitrogen functional groups attached to an aromatic ring is 1. The normalized spacial score (nSPS) is 32.2. The molecule has 2 aromatic heterocycles. The SMILES string of the molecule is CC1(C)O[C@@H]2[C@@H](CO)O[C@@H](c3cc(/C=C/C#N)c4c(N)ncnn34)[C@]2(C)O1. The number of rotatable bonds is 3. The first kappa shape index (κ1) is 17.9. The third-order valence-corrected chi connectivity index (χ3v) is 5.04. The molecule has 0 unspecified atom stereocenters. The first-order valence-corrected chi connectivity index (χ1v) is 8.63. The maximum atomic E-state index is 9.78. The molecule has 0 radical (unpaired) electrons. The number of aromatic nitrogens is 3. The quantitative estimate of drug-likeness (QED) is 0.770. The number of allylic oxidation sites excluding steroid dienone is 1. The van der Waals surface area contributed by atoms with Gasteiger partial charge in [0.05, 0.1) is 18.4 Å². The molecule has 2 saturated heterocycles. The van der Waals surface area contributed by atoms with E-state index < -0.39 is 29.7 Å². The lowest BCUT2D eigenvalue weighted by molar-refractivity contribution is -0.207. The van der Waals surface area contributed by atoms with E-state index in [1.807, 2.05) is 32.9 Å². The Balaban J connectivity index is 1.89. The smallest absolute Gasteiger partial charge is 0.164 e. The van der Waals surface area contributed by atoms with Crippen molar-refractivity contribution in [3.8, 4) is 6.07 Å². The van der Waals surface area contributed by atoms with Crippen LogP contribution in [0.4, 0.5) is 5.82 Å². The summed E-state index contributed by atoms with van der Waals surface area (Å²) in [6, 6.07) is 3.81. The molecule has 142 valence electrons. The molecule has 4 rings (SSSR count). The van der Waals surface area contributed by atoms with Gasteiger partial charge in [0.15, 0.2) is 11.6 Å². The molecule has 2 aliphatic rings. The zero-order chi connectivity index (χ0) is 19.4. The molecular weight excluding hydrogens is 350 g/mol. The second kappa shape index (κ2) is 6.00. The number of anilines is 1. The first-order valence-electron chi connectivity index (χ1n) is 8.63. The molecule has 0 amide bonds. The number of hydrogen-bond acceptors (Lipinski definition) is 8.